The number of allylic oxidation sites excluding steroid dienone is 1. The Kier molecular flexibility index (Phi) is 3.41. The lowest BCUT2D eigenvalue weighted by Crippen LogP contribution is -2.45. The van der Waals surface area contributed by atoms with Gasteiger partial charge in [-0.1, -0.05) is 24.3 Å². The third-order valence-electron chi connectivity index (χ3n) is 3.99. The van der Waals surface area contributed by atoms with Gasteiger partial charge in [0.15, 0.2) is 11.6 Å². The van der Waals surface area contributed by atoms with Gasteiger partial charge in [0.1, 0.15) is 18.0 Å². The Labute approximate surface area is 131 Å². The zero-order chi connectivity index (χ0) is 16.8. The molecule has 0 spiro atoms. The molecule has 3 rings (SSSR count). The summed E-state index contributed by atoms with van der Waals surface area (Å²) in [6.07, 6.45) is 1.12. The summed E-state index contributed by atoms with van der Waals surface area (Å²) in [6, 6.07) is 6.21. The van der Waals surface area contributed by atoms with E-state index >= 15 is 0 Å². The largest absolute Gasteiger partial charge is 0.508 e. The molecule has 0 radical (unpaired) electrons. The monoisotopic (exact) mass is 314 g/mol. The molecule has 2 N–H and O–H groups in total. The average molecular weight is 314 g/mol. The summed E-state index contributed by atoms with van der Waals surface area (Å²) in [6.45, 7) is 0.712. The average Bonchev–Trinajstić information content (AvgIpc) is 2.53. The Morgan fingerprint density at radius 2 is 1.83 bits per heavy atom. The second-order valence-corrected chi connectivity index (χ2v) is 5.56. The van der Waals surface area contributed by atoms with E-state index in [9.17, 15) is 24.6 Å². The van der Waals surface area contributed by atoms with E-state index in [2.05, 4.69) is 0 Å². The summed E-state index contributed by atoms with van der Waals surface area (Å²) in [5.41, 5.74) is -1.95. The van der Waals surface area contributed by atoms with Gasteiger partial charge in [-0.15, -0.1) is 0 Å². The van der Waals surface area contributed by atoms with E-state index in [0.717, 1.165) is 0 Å². The molecule has 0 aromatic heterocycles. The van der Waals surface area contributed by atoms with Crippen molar-refractivity contribution in [3.05, 3.63) is 58.4 Å². The SMILES string of the molecule is CC(=O)OCC1(O)CC=C(O)C2=C1C(=O)c1ccccc1C2=O. The van der Waals surface area contributed by atoms with Crippen LogP contribution < -0.4 is 0 Å². The maximum absolute atomic E-state index is 12.8. The number of aliphatic hydroxyl groups excluding tert-OH is 1. The Hall–Kier alpha value is -2.73. The molecule has 6 heteroatoms. The molecule has 0 heterocycles. The molecule has 0 fully saturated rings. The standard InChI is InChI=1S/C17H14O6/c1-9(18)23-8-17(22)7-6-12(19)13-14(17)16(21)11-5-3-2-4-10(11)15(13)20/h2-6,19,22H,7-8H2,1H3. The van der Waals surface area contributed by atoms with Gasteiger partial charge in [0.05, 0.1) is 11.1 Å². The number of ketones is 2. The molecule has 1 aromatic carbocycles. The minimum Gasteiger partial charge on any atom is -0.508 e. The van der Waals surface area contributed by atoms with Crippen LogP contribution in [0.5, 0.6) is 0 Å². The molecule has 23 heavy (non-hydrogen) atoms. The van der Waals surface area contributed by atoms with Gasteiger partial charge in [-0.2, -0.15) is 0 Å². The van der Waals surface area contributed by atoms with Crippen molar-refractivity contribution in [2.45, 2.75) is 18.9 Å². The van der Waals surface area contributed by atoms with Gasteiger partial charge < -0.3 is 14.9 Å². The van der Waals surface area contributed by atoms with E-state index in [-0.39, 0.29) is 34.5 Å². The van der Waals surface area contributed by atoms with Crippen molar-refractivity contribution in [3.8, 4) is 0 Å². The highest BCUT2D eigenvalue weighted by Gasteiger charge is 2.47. The highest BCUT2D eigenvalue weighted by Crippen LogP contribution is 2.40. The van der Waals surface area contributed by atoms with Crippen LogP contribution in [0.3, 0.4) is 0 Å². The smallest absolute Gasteiger partial charge is 0.302 e. The second kappa shape index (κ2) is 5.17. The second-order valence-electron chi connectivity index (χ2n) is 5.56. The number of hydrogen-bond donors (Lipinski definition) is 2. The number of benzene rings is 1. The fraction of sp³-hybridized carbons (Fsp3) is 0.235. The molecule has 0 aliphatic heterocycles. The van der Waals surface area contributed by atoms with Gasteiger partial charge in [-0.05, 0) is 6.08 Å². The van der Waals surface area contributed by atoms with Crippen LogP contribution in [0.2, 0.25) is 0 Å². The number of ether oxygens (including phenoxy) is 1. The Morgan fingerprint density at radius 1 is 1.22 bits per heavy atom. The predicted octanol–water partition coefficient (Wildman–Crippen LogP) is 1.50. The molecule has 2 aliphatic carbocycles. The number of rotatable bonds is 2. The Morgan fingerprint density at radius 3 is 2.43 bits per heavy atom. The molecule has 0 amide bonds. The molecule has 118 valence electrons. The number of Topliss-reactive ketones (excluding diaryl/α,β-unsaturated/α-hetero) is 2. The number of aliphatic hydroxyl groups is 2. The van der Waals surface area contributed by atoms with Crippen LogP contribution in [-0.4, -0.2) is 40.0 Å². The summed E-state index contributed by atoms with van der Waals surface area (Å²) in [5.74, 6) is -2.05. The van der Waals surface area contributed by atoms with Crippen LogP contribution in [0, 0.1) is 0 Å². The van der Waals surface area contributed by atoms with Crippen molar-refractivity contribution in [2.75, 3.05) is 6.61 Å². The highest BCUT2D eigenvalue weighted by molar-refractivity contribution is 6.29. The molecule has 6 nitrogen and oxygen atoms in total. The van der Waals surface area contributed by atoms with E-state index in [1.807, 2.05) is 0 Å². The predicted molar refractivity (Wildman–Crippen MR) is 79.0 cm³/mol. The topological polar surface area (TPSA) is 101 Å². The molecule has 0 saturated carbocycles. The first kappa shape index (κ1) is 15.2. The number of fused-ring (bicyclic) bond motifs is 1. The van der Waals surface area contributed by atoms with E-state index in [4.69, 9.17) is 4.74 Å². The molecular weight excluding hydrogens is 300 g/mol. The van der Waals surface area contributed by atoms with Crippen molar-refractivity contribution in [2.24, 2.45) is 0 Å². The maximum Gasteiger partial charge on any atom is 0.302 e. The van der Waals surface area contributed by atoms with Gasteiger partial charge in [-0.25, -0.2) is 0 Å². The summed E-state index contributed by atoms with van der Waals surface area (Å²) in [4.78, 5) is 36.4. The third-order valence-corrected chi connectivity index (χ3v) is 3.99. The highest BCUT2D eigenvalue weighted by atomic mass is 16.5. The lowest BCUT2D eigenvalue weighted by atomic mass is 9.72. The van der Waals surface area contributed by atoms with E-state index in [1.165, 1.54) is 25.1 Å². The lowest BCUT2D eigenvalue weighted by molar-refractivity contribution is -0.146. The van der Waals surface area contributed by atoms with Crippen LogP contribution in [0.1, 0.15) is 34.1 Å². The molecule has 1 atom stereocenters. The zero-order valence-electron chi connectivity index (χ0n) is 12.3. The summed E-state index contributed by atoms with van der Waals surface area (Å²) in [5, 5.41) is 20.8. The molecule has 0 saturated heterocycles. The quantitative estimate of drug-likeness (QED) is 0.802. The van der Waals surface area contributed by atoms with Crippen molar-refractivity contribution in [1.29, 1.82) is 0 Å². The van der Waals surface area contributed by atoms with Crippen LogP contribution in [0.4, 0.5) is 0 Å². The van der Waals surface area contributed by atoms with Crippen molar-refractivity contribution in [1.82, 2.24) is 0 Å². The number of carbonyl (C=O) groups is 3. The molecular formula is C17H14O6. The molecule has 2 aliphatic rings. The van der Waals surface area contributed by atoms with Crippen LogP contribution in [0.25, 0.3) is 0 Å². The maximum atomic E-state index is 12.8. The van der Waals surface area contributed by atoms with Crippen molar-refractivity contribution >= 4 is 17.5 Å². The third kappa shape index (κ3) is 2.27. The van der Waals surface area contributed by atoms with Gasteiger partial charge in [-0.3, -0.25) is 14.4 Å². The first-order valence-corrected chi connectivity index (χ1v) is 7.03. The van der Waals surface area contributed by atoms with E-state index in [1.54, 1.807) is 12.1 Å². The molecule has 1 aromatic rings. The normalized spacial score (nSPS) is 23.1. The van der Waals surface area contributed by atoms with Gasteiger partial charge in [0.25, 0.3) is 0 Å². The fourth-order valence-electron chi connectivity index (χ4n) is 2.89. The van der Waals surface area contributed by atoms with Crippen LogP contribution >= 0.6 is 0 Å². The zero-order valence-corrected chi connectivity index (χ0v) is 12.3. The Bertz CT molecular complexity index is 801. The first-order chi connectivity index (χ1) is 10.8. The van der Waals surface area contributed by atoms with Crippen molar-refractivity contribution < 1.29 is 29.3 Å². The van der Waals surface area contributed by atoms with Crippen molar-refractivity contribution in [3.63, 3.8) is 0 Å². The first-order valence-electron chi connectivity index (χ1n) is 7.03. The minimum absolute atomic E-state index is 0.133. The summed E-state index contributed by atoms with van der Waals surface area (Å²) in [7, 11) is 0. The van der Waals surface area contributed by atoms with E-state index < -0.39 is 29.7 Å². The number of esters is 1. The fourth-order valence-corrected chi connectivity index (χ4v) is 2.89. The molecule has 1 unspecified atom stereocenters. The number of hydrogen-bond acceptors (Lipinski definition) is 6. The summed E-state index contributed by atoms with van der Waals surface area (Å²) >= 11 is 0. The lowest BCUT2D eigenvalue weighted by Gasteiger charge is -2.35. The number of carbonyl (C=O) groups excluding carboxylic acids is 3. The van der Waals surface area contributed by atoms with Gasteiger partial charge in [0, 0.05) is 24.5 Å². The van der Waals surface area contributed by atoms with Crippen LogP contribution in [0.15, 0.2) is 47.2 Å². The summed E-state index contributed by atoms with van der Waals surface area (Å²) < 4.78 is 4.84. The van der Waals surface area contributed by atoms with E-state index in [0.29, 0.717) is 0 Å². The van der Waals surface area contributed by atoms with Gasteiger partial charge >= 0.3 is 5.97 Å². The minimum atomic E-state index is -1.84. The van der Waals surface area contributed by atoms with Crippen LogP contribution in [-0.2, 0) is 9.53 Å². The Balaban J connectivity index is 2.17. The van der Waals surface area contributed by atoms with Gasteiger partial charge in [0.2, 0.25) is 0 Å². The molecule has 0 bridgehead atoms.